The highest BCUT2D eigenvalue weighted by Gasteiger charge is 2.33. The van der Waals surface area contributed by atoms with Crippen LogP contribution in [0.4, 0.5) is 0 Å². The van der Waals surface area contributed by atoms with Crippen LogP contribution in [0.2, 0.25) is 0 Å². The topological polar surface area (TPSA) is 29.5 Å². The molecule has 2 heteroatoms. The fourth-order valence-electron chi connectivity index (χ4n) is 2.05. The molecule has 0 spiro atoms. The molecule has 1 unspecified atom stereocenters. The Morgan fingerprint density at radius 3 is 2.60 bits per heavy atom. The summed E-state index contributed by atoms with van der Waals surface area (Å²) in [4.78, 5) is 0. The Labute approximate surface area is 90.9 Å². The molecular weight excluding hydrogens is 188 g/mol. The third kappa shape index (κ3) is 2.21. The Morgan fingerprint density at radius 1 is 1.33 bits per heavy atom. The molecule has 0 radical (unpaired) electrons. The van der Waals surface area contributed by atoms with Crippen molar-refractivity contribution in [3.63, 3.8) is 0 Å². The highest BCUT2D eigenvalue weighted by molar-refractivity contribution is 5.28. The number of aliphatic hydroxyl groups is 1. The summed E-state index contributed by atoms with van der Waals surface area (Å²) in [6.07, 6.45) is 2.97. The minimum absolute atomic E-state index is 0.431. The van der Waals surface area contributed by atoms with Crippen LogP contribution in [0.5, 0.6) is 0 Å². The van der Waals surface area contributed by atoms with Crippen LogP contribution in [0.1, 0.15) is 30.9 Å². The van der Waals surface area contributed by atoms with Crippen molar-refractivity contribution in [1.29, 1.82) is 0 Å². The van der Waals surface area contributed by atoms with E-state index in [2.05, 4.69) is 19.1 Å². The van der Waals surface area contributed by atoms with Crippen molar-refractivity contribution < 1.29 is 9.84 Å². The van der Waals surface area contributed by atoms with Gasteiger partial charge in [0, 0.05) is 13.0 Å². The van der Waals surface area contributed by atoms with Crippen LogP contribution >= 0.6 is 0 Å². The van der Waals surface area contributed by atoms with Crippen LogP contribution in [0, 0.1) is 0 Å². The maximum Gasteiger partial charge on any atom is 0.115 e. The van der Waals surface area contributed by atoms with Gasteiger partial charge in [-0.05, 0) is 17.5 Å². The molecule has 1 aliphatic heterocycles. The first-order valence-electron chi connectivity index (χ1n) is 5.64. The quantitative estimate of drug-likeness (QED) is 0.822. The van der Waals surface area contributed by atoms with Crippen LogP contribution in [-0.2, 0) is 16.8 Å². The number of benzene rings is 1. The minimum atomic E-state index is -0.745. The molecule has 1 atom stereocenters. The number of aryl methyl sites for hydroxylation is 1. The normalized spacial score (nSPS) is 25.7. The zero-order chi connectivity index (χ0) is 10.7. The van der Waals surface area contributed by atoms with Gasteiger partial charge in [-0.25, -0.2) is 0 Å². The monoisotopic (exact) mass is 206 g/mol. The Balaban J connectivity index is 2.15. The number of hydrogen-bond donors (Lipinski definition) is 1. The molecule has 0 aromatic heterocycles. The van der Waals surface area contributed by atoms with Gasteiger partial charge in [-0.3, -0.25) is 0 Å². The van der Waals surface area contributed by atoms with Gasteiger partial charge in [0.2, 0.25) is 0 Å². The van der Waals surface area contributed by atoms with Gasteiger partial charge in [-0.15, -0.1) is 0 Å². The molecule has 2 nitrogen and oxygen atoms in total. The summed E-state index contributed by atoms with van der Waals surface area (Å²) in [5.41, 5.74) is 1.58. The molecule has 2 rings (SSSR count). The van der Waals surface area contributed by atoms with E-state index in [1.165, 1.54) is 5.56 Å². The molecule has 1 fully saturated rings. The van der Waals surface area contributed by atoms with Crippen molar-refractivity contribution >= 4 is 0 Å². The van der Waals surface area contributed by atoms with Gasteiger partial charge in [-0.1, -0.05) is 37.6 Å². The SMILES string of the molecule is CCCc1ccc(C2(O)CCOC2)cc1. The Bertz CT molecular complexity index is 310. The van der Waals surface area contributed by atoms with Crippen molar-refractivity contribution in [2.75, 3.05) is 13.2 Å². The van der Waals surface area contributed by atoms with Crippen molar-refractivity contribution in [1.82, 2.24) is 0 Å². The highest BCUT2D eigenvalue weighted by Crippen LogP contribution is 2.30. The molecule has 1 heterocycles. The first-order valence-corrected chi connectivity index (χ1v) is 5.64. The van der Waals surface area contributed by atoms with Crippen LogP contribution in [0.15, 0.2) is 24.3 Å². The van der Waals surface area contributed by atoms with E-state index in [9.17, 15) is 5.11 Å². The van der Waals surface area contributed by atoms with Gasteiger partial charge < -0.3 is 9.84 Å². The van der Waals surface area contributed by atoms with Crippen molar-refractivity contribution in [2.24, 2.45) is 0 Å². The van der Waals surface area contributed by atoms with Gasteiger partial charge >= 0.3 is 0 Å². The number of hydrogen-bond acceptors (Lipinski definition) is 2. The Morgan fingerprint density at radius 2 is 2.07 bits per heavy atom. The minimum Gasteiger partial charge on any atom is -0.383 e. The number of rotatable bonds is 3. The van der Waals surface area contributed by atoms with E-state index < -0.39 is 5.60 Å². The standard InChI is InChI=1S/C13H18O2/c1-2-3-11-4-6-12(7-5-11)13(14)8-9-15-10-13/h4-7,14H,2-3,8-10H2,1H3. The Hall–Kier alpha value is -0.860. The molecule has 1 aromatic rings. The number of ether oxygens (including phenoxy) is 1. The molecule has 0 saturated carbocycles. The molecule has 1 N–H and O–H groups in total. The lowest BCUT2D eigenvalue weighted by atomic mass is 9.92. The van der Waals surface area contributed by atoms with Crippen molar-refractivity contribution in [2.45, 2.75) is 31.8 Å². The van der Waals surface area contributed by atoms with Gasteiger partial charge in [0.25, 0.3) is 0 Å². The van der Waals surface area contributed by atoms with Crippen LogP contribution in [0.25, 0.3) is 0 Å². The molecule has 1 saturated heterocycles. The zero-order valence-corrected chi connectivity index (χ0v) is 9.20. The summed E-state index contributed by atoms with van der Waals surface area (Å²) in [6, 6.07) is 8.27. The second-order valence-electron chi connectivity index (χ2n) is 4.28. The average Bonchev–Trinajstić information content (AvgIpc) is 2.68. The van der Waals surface area contributed by atoms with E-state index in [-0.39, 0.29) is 0 Å². The lowest BCUT2D eigenvalue weighted by Gasteiger charge is -2.20. The van der Waals surface area contributed by atoms with E-state index in [1.54, 1.807) is 0 Å². The van der Waals surface area contributed by atoms with Crippen LogP contribution in [0.3, 0.4) is 0 Å². The van der Waals surface area contributed by atoms with Crippen LogP contribution < -0.4 is 0 Å². The van der Waals surface area contributed by atoms with E-state index in [0.29, 0.717) is 19.6 Å². The van der Waals surface area contributed by atoms with Crippen molar-refractivity contribution in [3.05, 3.63) is 35.4 Å². The first-order chi connectivity index (χ1) is 7.24. The van der Waals surface area contributed by atoms with E-state index in [1.807, 2.05) is 12.1 Å². The van der Waals surface area contributed by atoms with Gasteiger partial charge in [0.1, 0.15) is 5.60 Å². The highest BCUT2D eigenvalue weighted by atomic mass is 16.5. The fourth-order valence-corrected chi connectivity index (χ4v) is 2.05. The summed E-state index contributed by atoms with van der Waals surface area (Å²) in [6.45, 7) is 3.26. The summed E-state index contributed by atoms with van der Waals surface area (Å²) >= 11 is 0. The van der Waals surface area contributed by atoms with Gasteiger partial charge in [0.05, 0.1) is 6.61 Å². The summed E-state index contributed by atoms with van der Waals surface area (Å²) in [5, 5.41) is 10.3. The van der Waals surface area contributed by atoms with Gasteiger partial charge in [0.15, 0.2) is 0 Å². The molecule has 1 aromatic carbocycles. The molecule has 82 valence electrons. The van der Waals surface area contributed by atoms with E-state index in [4.69, 9.17) is 4.74 Å². The third-order valence-corrected chi connectivity index (χ3v) is 3.03. The lowest BCUT2D eigenvalue weighted by molar-refractivity contribution is 0.0232. The maximum atomic E-state index is 10.3. The lowest BCUT2D eigenvalue weighted by Crippen LogP contribution is -2.25. The molecule has 0 amide bonds. The van der Waals surface area contributed by atoms with Crippen LogP contribution in [-0.4, -0.2) is 18.3 Å². The average molecular weight is 206 g/mol. The molecule has 0 bridgehead atoms. The summed E-state index contributed by atoms with van der Waals surface area (Å²) < 4.78 is 5.24. The maximum absolute atomic E-state index is 10.3. The second-order valence-corrected chi connectivity index (χ2v) is 4.28. The second kappa shape index (κ2) is 4.33. The fraction of sp³-hybridized carbons (Fsp3) is 0.538. The molecule has 0 aliphatic carbocycles. The molecule has 15 heavy (non-hydrogen) atoms. The summed E-state index contributed by atoms with van der Waals surface area (Å²) in [7, 11) is 0. The van der Waals surface area contributed by atoms with Gasteiger partial charge in [-0.2, -0.15) is 0 Å². The van der Waals surface area contributed by atoms with E-state index in [0.717, 1.165) is 18.4 Å². The van der Waals surface area contributed by atoms with Crippen molar-refractivity contribution in [3.8, 4) is 0 Å². The summed E-state index contributed by atoms with van der Waals surface area (Å²) in [5.74, 6) is 0. The predicted octanol–water partition coefficient (Wildman–Crippen LogP) is 2.25. The zero-order valence-electron chi connectivity index (χ0n) is 9.20. The largest absolute Gasteiger partial charge is 0.383 e. The molecule has 1 aliphatic rings. The smallest absolute Gasteiger partial charge is 0.115 e. The Kier molecular flexibility index (Phi) is 3.08. The predicted molar refractivity (Wildman–Crippen MR) is 59.8 cm³/mol. The van der Waals surface area contributed by atoms with E-state index >= 15 is 0 Å². The first kappa shape index (κ1) is 10.7. The third-order valence-electron chi connectivity index (χ3n) is 3.03. The molecular formula is C13H18O2.